The number of nitrogens with one attached hydrogen (secondary N) is 1. The van der Waals surface area contributed by atoms with Crippen LogP contribution in [0.3, 0.4) is 0 Å². The first kappa shape index (κ1) is 13.3. The molecule has 0 saturated heterocycles. The molecule has 1 atom stereocenters. The van der Waals surface area contributed by atoms with Crippen molar-refractivity contribution in [2.45, 2.75) is 13.0 Å². The Labute approximate surface area is 115 Å². The predicted molar refractivity (Wildman–Crippen MR) is 73.8 cm³/mol. The number of rotatable bonds is 3. The first-order valence-corrected chi connectivity index (χ1v) is 6.07. The molecule has 0 aliphatic heterocycles. The minimum atomic E-state index is -0.251. The molecule has 6 heteroatoms. The number of nitrogens with zero attached hydrogens (tertiary/aromatic N) is 2. The van der Waals surface area contributed by atoms with E-state index in [0.717, 1.165) is 5.56 Å². The van der Waals surface area contributed by atoms with E-state index < -0.39 is 0 Å². The highest BCUT2D eigenvalue weighted by atomic mass is 35.5. The normalized spacial score (nSPS) is 11.9. The Morgan fingerprint density at radius 2 is 2.11 bits per heavy atom. The van der Waals surface area contributed by atoms with Crippen molar-refractivity contribution in [3.63, 3.8) is 0 Å². The summed E-state index contributed by atoms with van der Waals surface area (Å²) in [7, 11) is 0. The van der Waals surface area contributed by atoms with E-state index in [1.165, 1.54) is 12.3 Å². The van der Waals surface area contributed by atoms with Gasteiger partial charge in [-0.1, -0.05) is 11.6 Å². The molecule has 0 aromatic carbocycles. The van der Waals surface area contributed by atoms with E-state index in [9.17, 15) is 4.79 Å². The van der Waals surface area contributed by atoms with E-state index in [2.05, 4.69) is 15.3 Å². The van der Waals surface area contributed by atoms with Crippen molar-refractivity contribution >= 4 is 23.3 Å². The van der Waals surface area contributed by atoms with Crippen molar-refractivity contribution < 1.29 is 4.79 Å². The molecule has 98 valence electrons. The van der Waals surface area contributed by atoms with Crippen molar-refractivity contribution in [3.8, 4) is 0 Å². The third-order valence-corrected chi connectivity index (χ3v) is 2.99. The van der Waals surface area contributed by atoms with Gasteiger partial charge in [-0.05, 0) is 30.7 Å². The summed E-state index contributed by atoms with van der Waals surface area (Å²) in [5, 5.41) is 3.12. The van der Waals surface area contributed by atoms with Crippen LogP contribution in [0.4, 0.5) is 5.82 Å². The molecule has 0 radical (unpaired) electrons. The zero-order chi connectivity index (χ0) is 13.8. The maximum absolute atomic E-state index is 12.0. The van der Waals surface area contributed by atoms with Gasteiger partial charge < -0.3 is 11.1 Å². The third-order valence-electron chi connectivity index (χ3n) is 2.69. The highest BCUT2D eigenvalue weighted by Crippen LogP contribution is 2.17. The Kier molecular flexibility index (Phi) is 3.97. The number of nitrogen functional groups attached to an aromatic ring is 1. The van der Waals surface area contributed by atoms with Crippen LogP contribution in [0.2, 0.25) is 5.02 Å². The summed E-state index contributed by atoms with van der Waals surface area (Å²) in [6.07, 6.45) is 4.76. The number of aromatic nitrogens is 2. The maximum Gasteiger partial charge on any atom is 0.253 e. The number of pyridine rings is 2. The third kappa shape index (κ3) is 3.20. The van der Waals surface area contributed by atoms with Gasteiger partial charge in [0.1, 0.15) is 5.82 Å². The first-order chi connectivity index (χ1) is 9.08. The molecular weight excluding hydrogens is 264 g/mol. The van der Waals surface area contributed by atoms with Crippen molar-refractivity contribution in [3.05, 3.63) is 52.9 Å². The number of anilines is 1. The zero-order valence-electron chi connectivity index (χ0n) is 10.3. The minimum Gasteiger partial charge on any atom is -0.382 e. The molecule has 2 aromatic rings. The van der Waals surface area contributed by atoms with Gasteiger partial charge in [0.05, 0.1) is 16.6 Å². The lowest BCUT2D eigenvalue weighted by Crippen LogP contribution is -2.26. The minimum absolute atomic E-state index is 0.133. The van der Waals surface area contributed by atoms with E-state index in [0.29, 0.717) is 5.56 Å². The fraction of sp³-hybridized carbons (Fsp3) is 0.154. The molecule has 0 fully saturated rings. The molecule has 0 aliphatic carbocycles. The fourth-order valence-electron chi connectivity index (χ4n) is 1.59. The van der Waals surface area contributed by atoms with Crippen LogP contribution in [0.5, 0.6) is 0 Å². The number of hydrogen-bond donors (Lipinski definition) is 2. The molecule has 0 spiro atoms. The van der Waals surface area contributed by atoms with Crippen molar-refractivity contribution in [1.82, 2.24) is 15.3 Å². The van der Waals surface area contributed by atoms with Gasteiger partial charge in [0.15, 0.2) is 0 Å². The Bertz CT molecular complexity index is 588. The molecule has 0 aliphatic rings. The molecule has 2 rings (SSSR count). The molecule has 1 amide bonds. The monoisotopic (exact) mass is 276 g/mol. The predicted octanol–water partition coefficient (Wildman–Crippen LogP) is 2.20. The van der Waals surface area contributed by atoms with Crippen molar-refractivity contribution in [1.29, 1.82) is 0 Å². The van der Waals surface area contributed by atoms with Gasteiger partial charge in [-0.3, -0.25) is 9.78 Å². The molecule has 3 N–H and O–H groups in total. The first-order valence-electron chi connectivity index (χ1n) is 5.69. The molecular formula is C13H13ClN4O. The van der Waals surface area contributed by atoms with Crippen LogP contribution in [-0.4, -0.2) is 15.9 Å². The zero-order valence-corrected chi connectivity index (χ0v) is 11.1. The lowest BCUT2D eigenvalue weighted by atomic mass is 10.1. The molecule has 2 aromatic heterocycles. The van der Waals surface area contributed by atoms with Crippen LogP contribution in [0, 0.1) is 0 Å². The Hall–Kier alpha value is -2.14. The van der Waals surface area contributed by atoms with Gasteiger partial charge in [-0.25, -0.2) is 4.98 Å². The van der Waals surface area contributed by atoms with Crippen LogP contribution in [0.25, 0.3) is 0 Å². The second-order valence-electron chi connectivity index (χ2n) is 4.07. The quantitative estimate of drug-likeness (QED) is 0.900. The van der Waals surface area contributed by atoms with Crippen LogP contribution in [0.15, 0.2) is 36.8 Å². The molecule has 19 heavy (non-hydrogen) atoms. The highest BCUT2D eigenvalue weighted by molar-refractivity contribution is 6.33. The van der Waals surface area contributed by atoms with Crippen molar-refractivity contribution in [2.24, 2.45) is 0 Å². The van der Waals surface area contributed by atoms with E-state index in [-0.39, 0.29) is 22.8 Å². The standard InChI is InChI=1S/C13H13ClN4O/c1-8(9-2-4-16-5-3-9)18-13(19)10-6-11(14)12(15)17-7-10/h2-8H,1H3,(H2,15,17)(H,18,19). The molecule has 0 saturated carbocycles. The van der Waals surface area contributed by atoms with Crippen LogP contribution < -0.4 is 11.1 Å². The average Bonchev–Trinajstić information content (AvgIpc) is 2.42. The summed E-state index contributed by atoms with van der Waals surface area (Å²) in [5.74, 6) is -0.0425. The fourth-order valence-corrected chi connectivity index (χ4v) is 1.75. The Morgan fingerprint density at radius 1 is 1.42 bits per heavy atom. The summed E-state index contributed by atoms with van der Waals surface area (Å²) in [4.78, 5) is 19.8. The molecule has 5 nitrogen and oxygen atoms in total. The summed E-state index contributed by atoms with van der Waals surface area (Å²) in [6.45, 7) is 1.89. The Balaban J connectivity index is 2.11. The summed E-state index contributed by atoms with van der Waals surface area (Å²) < 4.78 is 0. The van der Waals surface area contributed by atoms with E-state index in [1.807, 2.05) is 19.1 Å². The van der Waals surface area contributed by atoms with E-state index in [1.54, 1.807) is 12.4 Å². The maximum atomic E-state index is 12.0. The van der Waals surface area contributed by atoms with Gasteiger partial charge in [0.25, 0.3) is 5.91 Å². The highest BCUT2D eigenvalue weighted by Gasteiger charge is 2.12. The number of hydrogen-bond acceptors (Lipinski definition) is 4. The number of nitrogens with two attached hydrogens (primary N) is 1. The average molecular weight is 277 g/mol. The molecule has 2 heterocycles. The second-order valence-corrected chi connectivity index (χ2v) is 4.47. The summed E-state index contributed by atoms with van der Waals surface area (Å²) in [6, 6.07) is 5.06. The van der Waals surface area contributed by atoms with Gasteiger partial charge in [0, 0.05) is 18.6 Å². The lowest BCUT2D eigenvalue weighted by Gasteiger charge is -2.14. The lowest BCUT2D eigenvalue weighted by molar-refractivity contribution is 0.0939. The second kappa shape index (κ2) is 5.67. The number of amides is 1. The number of carbonyl (C=O) groups is 1. The SMILES string of the molecule is CC(NC(=O)c1cnc(N)c(Cl)c1)c1ccncc1. The van der Waals surface area contributed by atoms with Gasteiger partial charge in [0.2, 0.25) is 0 Å². The number of carbonyl (C=O) groups excluding carboxylic acids is 1. The van der Waals surface area contributed by atoms with E-state index >= 15 is 0 Å². The van der Waals surface area contributed by atoms with Crippen molar-refractivity contribution in [2.75, 3.05) is 5.73 Å². The number of halogens is 1. The van der Waals surface area contributed by atoms with Crippen LogP contribution >= 0.6 is 11.6 Å². The van der Waals surface area contributed by atoms with Crippen LogP contribution in [-0.2, 0) is 0 Å². The molecule has 1 unspecified atom stereocenters. The van der Waals surface area contributed by atoms with Gasteiger partial charge in [-0.2, -0.15) is 0 Å². The Morgan fingerprint density at radius 3 is 2.74 bits per heavy atom. The smallest absolute Gasteiger partial charge is 0.253 e. The summed E-state index contributed by atoms with van der Waals surface area (Å²) >= 11 is 5.84. The van der Waals surface area contributed by atoms with Gasteiger partial charge in [-0.15, -0.1) is 0 Å². The summed E-state index contributed by atoms with van der Waals surface area (Å²) in [5.41, 5.74) is 6.84. The van der Waals surface area contributed by atoms with Crippen LogP contribution in [0.1, 0.15) is 28.9 Å². The topological polar surface area (TPSA) is 80.9 Å². The largest absolute Gasteiger partial charge is 0.382 e. The van der Waals surface area contributed by atoms with E-state index in [4.69, 9.17) is 17.3 Å². The van der Waals surface area contributed by atoms with Gasteiger partial charge >= 0.3 is 0 Å². The molecule has 0 bridgehead atoms.